The van der Waals surface area contributed by atoms with Crippen LogP contribution in [-0.4, -0.2) is 57.7 Å². The maximum Gasteiger partial charge on any atom is 0.348 e. The number of hydrogen-bond donors (Lipinski definition) is 2. The zero-order valence-electron chi connectivity index (χ0n) is 22.4. The summed E-state index contributed by atoms with van der Waals surface area (Å²) < 4.78 is 11.8. The molecule has 1 unspecified atom stereocenters. The zero-order valence-corrected chi connectivity index (χ0v) is 22.4. The monoisotopic (exact) mass is 539 g/mol. The molecule has 4 aromatic rings. The maximum absolute atomic E-state index is 12.1. The van der Waals surface area contributed by atoms with Crippen molar-refractivity contribution in [2.75, 3.05) is 36.8 Å². The van der Waals surface area contributed by atoms with Crippen molar-refractivity contribution in [3.05, 3.63) is 102 Å². The molecule has 1 aliphatic rings. The molecule has 2 heterocycles. The van der Waals surface area contributed by atoms with E-state index in [-0.39, 0.29) is 12.4 Å². The van der Waals surface area contributed by atoms with Crippen LogP contribution in [0.1, 0.15) is 18.1 Å². The molecular formula is C31H33N5O4. The molecule has 0 radical (unpaired) electrons. The molecule has 0 aliphatic carbocycles. The van der Waals surface area contributed by atoms with Gasteiger partial charge in [0.05, 0.1) is 0 Å². The Morgan fingerprint density at radius 1 is 0.875 bits per heavy atom. The highest BCUT2D eigenvalue weighted by Crippen LogP contribution is 2.27. The highest BCUT2D eigenvalue weighted by atomic mass is 16.5. The van der Waals surface area contributed by atoms with Gasteiger partial charge in [0.15, 0.2) is 0 Å². The minimum atomic E-state index is -1.43. The third-order valence-corrected chi connectivity index (χ3v) is 6.88. The predicted molar refractivity (Wildman–Crippen MR) is 154 cm³/mol. The molecule has 9 heteroatoms. The number of anilines is 2. The topological polar surface area (TPSA) is 114 Å². The SMILES string of the molecule is CC(Cc1ccc(Oc2cc(N3CCN(Cc4ccccc4)CC3)nc(N)n2)cc1)(Oc1ccccc1)C(=O)O. The normalized spacial score (nSPS) is 15.3. The van der Waals surface area contributed by atoms with Gasteiger partial charge in [-0.2, -0.15) is 9.97 Å². The first-order valence-corrected chi connectivity index (χ1v) is 13.3. The number of nitrogens with zero attached hydrogens (tertiary/aromatic N) is 4. The van der Waals surface area contributed by atoms with Crippen LogP contribution < -0.4 is 20.1 Å². The molecule has 0 spiro atoms. The van der Waals surface area contributed by atoms with Crippen LogP contribution in [0.2, 0.25) is 0 Å². The number of aromatic nitrogens is 2. The van der Waals surface area contributed by atoms with Crippen LogP contribution in [0.4, 0.5) is 11.8 Å². The smallest absolute Gasteiger partial charge is 0.348 e. The van der Waals surface area contributed by atoms with E-state index in [9.17, 15) is 9.90 Å². The fourth-order valence-electron chi connectivity index (χ4n) is 4.71. The van der Waals surface area contributed by atoms with Gasteiger partial charge in [-0.25, -0.2) is 4.79 Å². The average molecular weight is 540 g/mol. The van der Waals surface area contributed by atoms with Crippen LogP contribution in [0.5, 0.6) is 17.4 Å². The average Bonchev–Trinajstić information content (AvgIpc) is 2.95. The first-order chi connectivity index (χ1) is 19.4. The number of carboxylic acids is 1. The van der Waals surface area contributed by atoms with Crippen molar-refractivity contribution in [3.63, 3.8) is 0 Å². The number of benzene rings is 3. The lowest BCUT2D eigenvalue weighted by Crippen LogP contribution is -2.46. The predicted octanol–water partition coefficient (Wildman–Crippen LogP) is 4.64. The van der Waals surface area contributed by atoms with Gasteiger partial charge in [0.1, 0.15) is 17.3 Å². The number of carbonyl (C=O) groups is 1. The number of nitrogen functional groups attached to an aromatic ring is 1. The molecule has 40 heavy (non-hydrogen) atoms. The summed E-state index contributed by atoms with van der Waals surface area (Å²) in [4.78, 5) is 25.4. The Kier molecular flexibility index (Phi) is 8.12. The van der Waals surface area contributed by atoms with Gasteiger partial charge in [0, 0.05) is 45.2 Å². The quantitative estimate of drug-likeness (QED) is 0.297. The number of hydrogen-bond acceptors (Lipinski definition) is 8. The van der Waals surface area contributed by atoms with Gasteiger partial charge >= 0.3 is 5.97 Å². The van der Waals surface area contributed by atoms with Crippen molar-refractivity contribution >= 4 is 17.7 Å². The van der Waals surface area contributed by atoms with Gasteiger partial charge in [-0.15, -0.1) is 0 Å². The summed E-state index contributed by atoms with van der Waals surface area (Å²) in [6.07, 6.45) is 0.179. The Morgan fingerprint density at radius 2 is 1.52 bits per heavy atom. The molecule has 3 aromatic carbocycles. The number of carboxylic acid groups (broad SMARTS) is 1. The van der Waals surface area contributed by atoms with E-state index in [1.165, 1.54) is 5.56 Å². The standard InChI is InChI=1S/C31H33N5O4/c1-31(29(37)38,40-26-10-6-3-7-11-26)21-23-12-14-25(15-13-23)39-28-20-27(33-30(32)34-28)36-18-16-35(17-19-36)22-24-8-4-2-5-9-24/h2-15,20H,16-19,21-22H2,1H3,(H,37,38)(H2,32,33,34). The fourth-order valence-corrected chi connectivity index (χ4v) is 4.71. The minimum Gasteiger partial charge on any atom is -0.478 e. The van der Waals surface area contributed by atoms with E-state index in [1.807, 2.05) is 24.3 Å². The van der Waals surface area contributed by atoms with Gasteiger partial charge in [-0.05, 0) is 42.3 Å². The second-order valence-corrected chi connectivity index (χ2v) is 10.0. The Balaban J connectivity index is 1.21. The summed E-state index contributed by atoms with van der Waals surface area (Å²) in [6, 6.07) is 28.4. The van der Waals surface area contributed by atoms with Crippen LogP contribution in [0.15, 0.2) is 91.0 Å². The van der Waals surface area contributed by atoms with E-state index in [0.29, 0.717) is 17.4 Å². The molecule has 3 N–H and O–H groups in total. The van der Waals surface area contributed by atoms with E-state index in [0.717, 1.165) is 44.1 Å². The second-order valence-electron chi connectivity index (χ2n) is 10.0. The zero-order chi connectivity index (χ0) is 28.0. The molecule has 1 atom stereocenters. The number of rotatable bonds is 10. The molecule has 1 fully saturated rings. The molecule has 9 nitrogen and oxygen atoms in total. The molecule has 1 saturated heterocycles. The van der Waals surface area contributed by atoms with Gasteiger partial charge in [-0.3, -0.25) is 4.90 Å². The molecule has 0 saturated carbocycles. The van der Waals surface area contributed by atoms with Crippen molar-refractivity contribution in [3.8, 4) is 17.4 Å². The first-order valence-electron chi connectivity index (χ1n) is 13.3. The highest BCUT2D eigenvalue weighted by molar-refractivity contribution is 5.78. The van der Waals surface area contributed by atoms with Crippen LogP contribution in [-0.2, 0) is 17.8 Å². The minimum absolute atomic E-state index is 0.145. The van der Waals surface area contributed by atoms with Crippen molar-refractivity contribution in [1.82, 2.24) is 14.9 Å². The van der Waals surface area contributed by atoms with Crippen LogP contribution in [0.25, 0.3) is 0 Å². The van der Waals surface area contributed by atoms with E-state index in [2.05, 4.69) is 44.0 Å². The Morgan fingerprint density at radius 3 is 2.17 bits per heavy atom. The van der Waals surface area contributed by atoms with E-state index in [1.54, 1.807) is 49.4 Å². The molecular weight excluding hydrogens is 506 g/mol. The fraction of sp³-hybridized carbons (Fsp3) is 0.258. The number of aliphatic carboxylic acids is 1. The molecule has 1 aliphatic heterocycles. The second kappa shape index (κ2) is 12.0. The lowest BCUT2D eigenvalue weighted by molar-refractivity contribution is -0.153. The maximum atomic E-state index is 12.1. The van der Waals surface area contributed by atoms with E-state index >= 15 is 0 Å². The van der Waals surface area contributed by atoms with Gasteiger partial charge in [-0.1, -0.05) is 60.7 Å². The summed E-state index contributed by atoms with van der Waals surface area (Å²) in [5.41, 5.74) is 6.70. The first kappa shape index (κ1) is 27.0. The van der Waals surface area contributed by atoms with Gasteiger partial charge in [0.25, 0.3) is 0 Å². The number of ether oxygens (including phenoxy) is 2. The molecule has 0 amide bonds. The summed E-state index contributed by atoms with van der Waals surface area (Å²) in [5.74, 6) is 1.25. The number of piperazine rings is 1. The summed E-state index contributed by atoms with van der Waals surface area (Å²) in [5, 5.41) is 9.86. The van der Waals surface area contributed by atoms with Gasteiger partial charge in [0.2, 0.25) is 17.4 Å². The lowest BCUT2D eigenvalue weighted by Gasteiger charge is -2.35. The number of nitrogens with two attached hydrogens (primary N) is 1. The van der Waals surface area contributed by atoms with Crippen molar-refractivity contribution < 1.29 is 19.4 Å². The summed E-state index contributed by atoms with van der Waals surface area (Å²) in [6.45, 7) is 5.98. The van der Waals surface area contributed by atoms with Crippen molar-refractivity contribution in [2.24, 2.45) is 0 Å². The lowest BCUT2D eigenvalue weighted by atomic mass is 9.96. The van der Waals surface area contributed by atoms with E-state index in [4.69, 9.17) is 15.2 Å². The molecule has 206 valence electrons. The Bertz CT molecular complexity index is 1410. The van der Waals surface area contributed by atoms with Crippen LogP contribution in [0.3, 0.4) is 0 Å². The number of para-hydroxylation sites is 1. The van der Waals surface area contributed by atoms with E-state index < -0.39 is 11.6 Å². The Hall–Kier alpha value is -4.63. The van der Waals surface area contributed by atoms with Crippen LogP contribution in [0, 0.1) is 0 Å². The summed E-state index contributed by atoms with van der Waals surface area (Å²) in [7, 11) is 0. The largest absolute Gasteiger partial charge is 0.478 e. The van der Waals surface area contributed by atoms with Crippen molar-refractivity contribution in [2.45, 2.75) is 25.5 Å². The van der Waals surface area contributed by atoms with Crippen LogP contribution >= 0.6 is 0 Å². The third-order valence-electron chi connectivity index (χ3n) is 6.88. The van der Waals surface area contributed by atoms with Crippen molar-refractivity contribution in [1.29, 1.82) is 0 Å². The van der Waals surface area contributed by atoms with Gasteiger partial charge < -0.3 is 25.2 Å². The molecule has 5 rings (SSSR count). The Labute approximate surface area is 233 Å². The molecule has 0 bridgehead atoms. The summed E-state index contributed by atoms with van der Waals surface area (Å²) >= 11 is 0. The third kappa shape index (κ3) is 6.86. The highest BCUT2D eigenvalue weighted by Gasteiger charge is 2.36. The molecule has 1 aromatic heterocycles.